The van der Waals surface area contributed by atoms with Crippen LogP contribution in [0.2, 0.25) is 0 Å². The first-order valence-corrected chi connectivity index (χ1v) is 9.53. The maximum absolute atomic E-state index is 12.7. The van der Waals surface area contributed by atoms with Gasteiger partial charge in [-0.15, -0.1) is 0 Å². The van der Waals surface area contributed by atoms with E-state index in [0.717, 1.165) is 52.2 Å². The highest BCUT2D eigenvalue weighted by molar-refractivity contribution is 5.79. The molecular weight excluding hydrogens is 316 g/mol. The molecule has 3 aliphatic rings. The van der Waals surface area contributed by atoms with Gasteiger partial charge in [-0.3, -0.25) is 9.69 Å². The highest BCUT2D eigenvalue weighted by atomic mass is 16.5. The van der Waals surface area contributed by atoms with Crippen molar-refractivity contribution in [1.29, 1.82) is 0 Å². The third kappa shape index (κ3) is 4.05. The first kappa shape index (κ1) is 17.0. The molecule has 0 aliphatic carbocycles. The second-order valence-electron chi connectivity index (χ2n) is 7.62. The molecule has 4 rings (SSSR count). The van der Waals surface area contributed by atoms with Crippen molar-refractivity contribution in [3.8, 4) is 0 Å². The van der Waals surface area contributed by atoms with Crippen LogP contribution in [-0.4, -0.2) is 56.4 Å². The summed E-state index contributed by atoms with van der Waals surface area (Å²) in [5, 5.41) is 3.18. The molecule has 0 spiro atoms. The fraction of sp³-hybridized carbons (Fsp3) is 0.650. The third-order valence-corrected chi connectivity index (χ3v) is 5.88. The van der Waals surface area contributed by atoms with Crippen LogP contribution in [0, 0.1) is 17.8 Å². The number of likely N-dealkylation sites (tertiary alicyclic amines) is 1. The summed E-state index contributed by atoms with van der Waals surface area (Å²) in [5.41, 5.74) is 1.32. The molecule has 0 radical (unpaired) electrons. The molecule has 136 valence electrons. The van der Waals surface area contributed by atoms with Gasteiger partial charge < -0.3 is 14.8 Å². The van der Waals surface area contributed by atoms with Crippen LogP contribution in [0.1, 0.15) is 18.4 Å². The van der Waals surface area contributed by atoms with Crippen molar-refractivity contribution in [2.45, 2.75) is 25.5 Å². The Balaban J connectivity index is 1.28. The number of ether oxygens (including phenoxy) is 2. The number of amides is 1. The summed E-state index contributed by atoms with van der Waals surface area (Å²) in [7, 11) is 0. The SMILES string of the molecule is O=C(NCC1CCOCC1)[C@H]1CO[C@@H]2CN(Cc3ccccc3)C[C@H]12. The molecule has 3 aliphatic heterocycles. The molecule has 3 atom stereocenters. The number of fused-ring (bicyclic) bond motifs is 1. The van der Waals surface area contributed by atoms with E-state index >= 15 is 0 Å². The Morgan fingerprint density at radius 1 is 1.16 bits per heavy atom. The molecule has 5 heteroatoms. The lowest BCUT2D eigenvalue weighted by molar-refractivity contribution is -0.126. The number of hydrogen-bond donors (Lipinski definition) is 1. The van der Waals surface area contributed by atoms with Gasteiger partial charge in [0, 0.05) is 45.3 Å². The van der Waals surface area contributed by atoms with Gasteiger partial charge in [0.15, 0.2) is 0 Å². The molecule has 1 amide bonds. The van der Waals surface area contributed by atoms with E-state index in [0.29, 0.717) is 18.4 Å². The molecule has 25 heavy (non-hydrogen) atoms. The van der Waals surface area contributed by atoms with Crippen LogP contribution in [0.5, 0.6) is 0 Å². The molecule has 1 aromatic rings. The Kier molecular flexibility index (Phi) is 5.34. The van der Waals surface area contributed by atoms with E-state index in [9.17, 15) is 4.79 Å². The fourth-order valence-corrected chi connectivity index (χ4v) is 4.36. The van der Waals surface area contributed by atoms with Crippen molar-refractivity contribution in [2.24, 2.45) is 17.8 Å². The van der Waals surface area contributed by atoms with E-state index in [1.54, 1.807) is 0 Å². The van der Waals surface area contributed by atoms with Gasteiger partial charge in [-0.05, 0) is 24.3 Å². The van der Waals surface area contributed by atoms with Gasteiger partial charge in [-0.1, -0.05) is 30.3 Å². The molecule has 0 saturated carbocycles. The molecular formula is C20H28N2O3. The van der Waals surface area contributed by atoms with Gasteiger partial charge in [0.2, 0.25) is 5.91 Å². The third-order valence-electron chi connectivity index (χ3n) is 5.88. The summed E-state index contributed by atoms with van der Waals surface area (Å²) in [6, 6.07) is 10.5. The van der Waals surface area contributed by atoms with Crippen molar-refractivity contribution < 1.29 is 14.3 Å². The Bertz CT molecular complexity index is 574. The Labute approximate surface area is 149 Å². The van der Waals surface area contributed by atoms with E-state index in [1.165, 1.54) is 5.56 Å². The highest BCUT2D eigenvalue weighted by Gasteiger charge is 2.46. The number of carbonyl (C=O) groups is 1. The summed E-state index contributed by atoms with van der Waals surface area (Å²) >= 11 is 0. The first-order valence-electron chi connectivity index (χ1n) is 9.53. The van der Waals surface area contributed by atoms with Crippen LogP contribution in [0.4, 0.5) is 0 Å². The summed E-state index contributed by atoms with van der Waals surface area (Å²) in [6.45, 7) is 5.84. The normalized spacial score (nSPS) is 30.3. The van der Waals surface area contributed by atoms with Crippen molar-refractivity contribution in [3.63, 3.8) is 0 Å². The van der Waals surface area contributed by atoms with Crippen LogP contribution in [0.15, 0.2) is 30.3 Å². The molecule has 5 nitrogen and oxygen atoms in total. The Morgan fingerprint density at radius 3 is 2.76 bits per heavy atom. The number of carbonyl (C=O) groups excluding carboxylic acids is 1. The van der Waals surface area contributed by atoms with Crippen LogP contribution in [0.3, 0.4) is 0 Å². The highest BCUT2D eigenvalue weighted by Crippen LogP contribution is 2.34. The average Bonchev–Trinajstić information content (AvgIpc) is 3.21. The fourth-order valence-electron chi connectivity index (χ4n) is 4.36. The molecule has 3 saturated heterocycles. The number of nitrogens with zero attached hydrogens (tertiary/aromatic N) is 1. The standard InChI is InChI=1S/C20H28N2O3/c23-20(21-10-15-6-8-24-9-7-15)18-14-25-19-13-22(12-17(18)19)11-16-4-2-1-3-5-16/h1-5,15,17-19H,6-14H2,(H,21,23)/t17-,18+,19-/m1/s1. The van der Waals surface area contributed by atoms with Gasteiger partial charge in [0.1, 0.15) is 0 Å². The van der Waals surface area contributed by atoms with Crippen LogP contribution in [-0.2, 0) is 20.8 Å². The topological polar surface area (TPSA) is 50.8 Å². The van der Waals surface area contributed by atoms with Crippen molar-refractivity contribution in [3.05, 3.63) is 35.9 Å². The molecule has 3 fully saturated rings. The summed E-state index contributed by atoms with van der Waals surface area (Å²) < 4.78 is 11.3. The molecule has 0 unspecified atom stereocenters. The van der Waals surface area contributed by atoms with Gasteiger partial charge in [-0.25, -0.2) is 0 Å². The van der Waals surface area contributed by atoms with Crippen molar-refractivity contribution >= 4 is 5.91 Å². The maximum atomic E-state index is 12.7. The predicted octanol–water partition coefficient (Wildman–Crippen LogP) is 1.68. The maximum Gasteiger partial charge on any atom is 0.225 e. The zero-order valence-corrected chi connectivity index (χ0v) is 14.7. The quantitative estimate of drug-likeness (QED) is 0.883. The molecule has 0 aromatic heterocycles. The second-order valence-corrected chi connectivity index (χ2v) is 7.62. The zero-order chi connectivity index (χ0) is 17.1. The molecule has 3 heterocycles. The smallest absolute Gasteiger partial charge is 0.225 e. The van der Waals surface area contributed by atoms with Crippen molar-refractivity contribution in [2.75, 3.05) is 39.5 Å². The molecule has 1 aromatic carbocycles. The van der Waals surface area contributed by atoms with Crippen LogP contribution in [0.25, 0.3) is 0 Å². The van der Waals surface area contributed by atoms with Gasteiger partial charge in [-0.2, -0.15) is 0 Å². The minimum atomic E-state index is 0.00520. The Morgan fingerprint density at radius 2 is 1.96 bits per heavy atom. The largest absolute Gasteiger partial charge is 0.381 e. The van der Waals surface area contributed by atoms with Gasteiger partial charge in [0.05, 0.1) is 18.6 Å². The second kappa shape index (κ2) is 7.85. The summed E-state index contributed by atoms with van der Waals surface area (Å²) in [5.74, 6) is 1.08. The minimum absolute atomic E-state index is 0.00520. The summed E-state index contributed by atoms with van der Waals surface area (Å²) in [6.07, 6.45) is 2.32. The summed E-state index contributed by atoms with van der Waals surface area (Å²) in [4.78, 5) is 15.1. The number of benzene rings is 1. The lowest BCUT2D eigenvalue weighted by Gasteiger charge is -2.24. The lowest BCUT2D eigenvalue weighted by atomic mass is 9.92. The predicted molar refractivity (Wildman–Crippen MR) is 95.0 cm³/mol. The number of nitrogens with one attached hydrogen (secondary N) is 1. The van der Waals surface area contributed by atoms with Gasteiger partial charge >= 0.3 is 0 Å². The molecule has 1 N–H and O–H groups in total. The first-order chi connectivity index (χ1) is 12.3. The Hall–Kier alpha value is -1.43. The number of rotatable bonds is 5. The average molecular weight is 344 g/mol. The molecule has 0 bridgehead atoms. The number of hydrogen-bond acceptors (Lipinski definition) is 4. The van der Waals surface area contributed by atoms with E-state index in [4.69, 9.17) is 9.47 Å². The minimum Gasteiger partial charge on any atom is -0.381 e. The van der Waals surface area contributed by atoms with Crippen LogP contribution >= 0.6 is 0 Å². The van der Waals surface area contributed by atoms with E-state index in [-0.39, 0.29) is 17.9 Å². The van der Waals surface area contributed by atoms with E-state index in [1.807, 2.05) is 6.07 Å². The van der Waals surface area contributed by atoms with Crippen LogP contribution < -0.4 is 5.32 Å². The monoisotopic (exact) mass is 344 g/mol. The lowest BCUT2D eigenvalue weighted by Crippen LogP contribution is -2.39. The van der Waals surface area contributed by atoms with E-state index < -0.39 is 0 Å². The zero-order valence-electron chi connectivity index (χ0n) is 14.7. The van der Waals surface area contributed by atoms with E-state index in [2.05, 4.69) is 34.5 Å². The van der Waals surface area contributed by atoms with Crippen molar-refractivity contribution in [1.82, 2.24) is 10.2 Å². The van der Waals surface area contributed by atoms with Gasteiger partial charge in [0.25, 0.3) is 0 Å².